The minimum absolute atomic E-state index is 0.0662. The van der Waals surface area contributed by atoms with Crippen molar-refractivity contribution < 1.29 is 13.2 Å². The number of alkyl halides is 3. The van der Waals surface area contributed by atoms with E-state index in [9.17, 15) is 13.2 Å². The van der Waals surface area contributed by atoms with Crippen molar-refractivity contribution in [2.45, 2.75) is 25.1 Å². The third-order valence-corrected chi connectivity index (χ3v) is 4.24. The van der Waals surface area contributed by atoms with Crippen molar-refractivity contribution in [1.29, 1.82) is 0 Å². The molecule has 1 atom stereocenters. The molecule has 0 fully saturated rings. The van der Waals surface area contributed by atoms with E-state index in [4.69, 9.17) is 0 Å². The van der Waals surface area contributed by atoms with Crippen LogP contribution in [-0.2, 0) is 12.6 Å². The molecule has 2 aromatic carbocycles. The molecule has 0 heterocycles. The van der Waals surface area contributed by atoms with Crippen LogP contribution in [0.3, 0.4) is 0 Å². The quantitative estimate of drug-likeness (QED) is 0.742. The molecule has 5 heteroatoms. The fourth-order valence-electron chi connectivity index (χ4n) is 2.77. The maximum atomic E-state index is 13.1. The van der Waals surface area contributed by atoms with Crippen molar-refractivity contribution in [2.24, 2.45) is 0 Å². The van der Waals surface area contributed by atoms with E-state index in [0.717, 1.165) is 24.5 Å². The van der Waals surface area contributed by atoms with Crippen molar-refractivity contribution in [3.05, 3.63) is 63.6 Å². The van der Waals surface area contributed by atoms with Gasteiger partial charge in [0.2, 0.25) is 0 Å². The number of benzene rings is 2. The zero-order chi connectivity index (χ0) is 15.0. The predicted octanol–water partition coefficient (Wildman–Crippen LogP) is 5.57. The second-order valence-electron chi connectivity index (χ2n) is 5.12. The van der Waals surface area contributed by atoms with E-state index in [1.54, 1.807) is 6.07 Å². The number of halogens is 4. The zero-order valence-corrected chi connectivity index (χ0v) is 12.6. The summed E-state index contributed by atoms with van der Waals surface area (Å²) in [5.74, 6) is 0. The van der Waals surface area contributed by atoms with Gasteiger partial charge in [0.25, 0.3) is 0 Å². The Hall–Kier alpha value is -1.49. The second-order valence-corrected chi connectivity index (χ2v) is 6.04. The zero-order valence-electron chi connectivity index (χ0n) is 11.0. The largest absolute Gasteiger partial charge is 0.418 e. The highest BCUT2D eigenvalue weighted by molar-refractivity contribution is 9.10. The minimum atomic E-state index is -4.37. The number of anilines is 1. The molecule has 1 nitrogen and oxygen atoms in total. The maximum absolute atomic E-state index is 13.1. The fraction of sp³-hybridized carbons (Fsp3) is 0.250. The van der Waals surface area contributed by atoms with Gasteiger partial charge in [-0.15, -0.1) is 0 Å². The molecule has 1 N–H and O–H groups in total. The molecule has 1 aliphatic carbocycles. The molecule has 0 radical (unpaired) electrons. The SMILES string of the molecule is FC(F)(F)c1cc(Br)ccc1NC1CCc2ccccc21. The lowest BCUT2D eigenvalue weighted by Crippen LogP contribution is -2.14. The molecule has 3 rings (SSSR count). The Balaban J connectivity index is 1.93. The minimum Gasteiger partial charge on any atom is -0.378 e. The fourth-order valence-corrected chi connectivity index (χ4v) is 3.13. The highest BCUT2D eigenvalue weighted by Crippen LogP contribution is 2.40. The van der Waals surface area contributed by atoms with Gasteiger partial charge in [-0.1, -0.05) is 40.2 Å². The van der Waals surface area contributed by atoms with Gasteiger partial charge in [-0.05, 0) is 42.2 Å². The maximum Gasteiger partial charge on any atom is 0.418 e. The van der Waals surface area contributed by atoms with Crippen LogP contribution < -0.4 is 5.32 Å². The van der Waals surface area contributed by atoms with E-state index >= 15 is 0 Å². The molecule has 0 spiro atoms. The van der Waals surface area contributed by atoms with Crippen LogP contribution in [0.15, 0.2) is 46.9 Å². The van der Waals surface area contributed by atoms with Gasteiger partial charge in [0.05, 0.1) is 11.6 Å². The Kier molecular flexibility index (Phi) is 3.69. The first-order valence-electron chi connectivity index (χ1n) is 6.66. The average Bonchev–Trinajstić information content (AvgIpc) is 2.83. The summed E-state index contributed by atoms with van der Waals surface area (Å²) in [5, 5.41) is 3.06. The van der Waals surface area contributed by atoms with Gasteiger partial charge < -0.3 is 5.32 Å². The van der Waals surface area contributed by atoms with E-state index in [1.165, 1.54) is 11.6 Å². The normalized spacial score (nSPS) is 17.6. The molecule has 110 valence electrons. The standard InChI is InChI=1S/C16H13BrF3N/c17-11-6-8-15(13(9-11)16(18,19)20)21-14-7-5-10-3-1-2-4-12(10)14/h1-4,6,8-9,14,21H,5,7H2. The number of hydrogen-bond acceptors (Lipinski definition) is 1. The molecule has 0 bridgehead atoms. The van der Waals surface area contributed by atoms with Crippen LogP contribution in [0.2, 0.25) is 0 Å². The smallest absolute Gasteiger partial charge is 0.378 e. The van der Waals surface area contributed by atoms with Crippen molar-refractivity contribution in [1.82, 2.24) is 0 Å². The van der Waals surface area contributed by atoms with Gasteiger partial charge >= 0.3 is 6.18 Å². The van der Waals surface area contributed by atoms with E-state index in [-0.39, 0.29) is 11.7 Å². The van der Waals surface area contributed by atoms with Crippen LogP contribution >= 0.6 is 15.9 Å². The van der Waals surface area contributed by atoms with Crippen LogP contribution in [-0.4, -0.2) is 0 Å². The number of nitrogens with one attached hydrogen (secondary N) is 1. The highest BCUT2D eigenvalue weighted by atomic mass is 79.9. The van der Waals surface area contributed by atoms with Gasteiger partial charge in [0, 0.05) is 10.2 Å². The summed E-state index contributed by atoms with van der Waals surface area (Å²) in [6, 6.07) is 12.0. The summed E-state index contributed by atoms with van der Waals surface area (Å²) in [7, 11) is 0. The third-order valence-electron chi connectivity index (χ3n) is 3.75. The van der Waals surface area contributed by atoms with E-state index in [2.05, 4.69) is 21.2 Å². The van der Waals surface area contributed by atoms with Crippen molar-refractivity contribution in [2.75, 3.05) is 5.32 Å². The Morgan fingerprint density at radius 2 is 1.86 bits per heavy atom. The van der Waals surface area contributed by atoms with Gasteiger partial charge in [0.1, 0.15) is 0 Å². The number of hydrogen-bond donors (Lipinski definition) is 1. The average molecular weight is 356 g/mol. The van der Waals surface area contributed by atoms with Crippen molar-refractivity contribution in [3.63, 3.8) is 0 Å². The van der Waals surface area contributed by atoms with Crippen LogP contribution in [0.25, 0.3) is 0 Å². The van der Waals surface area contributed by atoms with Crippen LogP contribution in [0.5, 0.6) is 0 Å². The first kappa shape index (κ1) is 14.4. The molecule has 0 aliphatic heterocycles. The summed E-state index contributed by atoms with van der Waals surface area (Å²) in [6.45, 7) is 0. The lowest BCUT2D eigenvalue weighted by atomic mass is 10.1. The number of fused-ring (bicyclic) bond motifs is 1. The first-order valence-corrected chi connectivity index (χ1v) is 7.45. The molecule has 1 unspecified atom stereocenters. The summed E-state index contributed by atoms with van der Waals surface area (Å²) < 4.78 is 39.8. The monoisotopic (exact) mass is 355 g/mol. The molecule has 1 aliphatic rings. The van der Waals surface area contributed by atoms with E-state index in [0.29, 0.717) is 4.47 Å². The van der Waals surface area contributed by atoms with Gasteiger partial charge in [0.15, 0.2) is 0 Å². The molecule has 0 amide bonds. The van der Waals surface area contributed by atoms with E-state index in [1.807, 2.05) is 24.3 Å². The molecule has 21 heavy (non-hydrogen) atoms. The number of aryl methyl sites for hydroxylation is 1. The van der Waals surface area contributed by atoms with E-state index < -0.39 is 11.7 Å². The topological polar surface area (TPSA) is 12.0 Å². The molecule has 2 aromatic rings. The molecular formula is C16H13BrF3N. The number of rotatable bonds is 2. The Morgan fingerprint density at radius 3 is 2.62 bits per heavy atom. The lowest BCUT2D eigenvalue weighted by molar-refractivity contribution is -0.137. The summed E-state index contributed by atoms with van der Waals surface area (Å²) >= 11 is 3.10. The Morgan fingerprint density at radius 1 is 1.10 bits per heavy atom. The van der Waals surface area contributed by atoms with Crippen molar-refractivity contribution >= 4 is 21.6 Å². The Bertz CT molecular complexity index is 667. The molecule has 0 aromatic heterocycles. The molecular weight excluding hydrogens is 343 g/mol. The third kappa shape index (κ3) is 2.93. The second kappa shape index (κ2) is 5.37. The van der Waals surface area contributed by atoms with Crippen LogP contribution in [0.4, 0.5) is 18.9 Å². The lowest BCUT2D eigenvalue weighted by Gasteiger charge is -2.20. The first-order chi connectivity index (χ1) is 9.95. The van der Waals surface area contributed by atoms with Crippen LogP contribution in [0, 0.1) is 0 Å². The summed E-state index contributed by atoms with van der Waals surface area (Å²) in [6.07, 6.45) is -2.66. The molecule has 0 saturated carbocycles. The van der Waals surface area contributed by atoms with Gasteiger partial charge in [-0.3, -0.25) is 0 Å². The van der Waals surface area contributed by atoms with Crippen molar-refractivity contribution in [3.8, 4) is 0 Å². The Labute approximate surface area is 129 Å². The van der Waals surface area contributed by atoms with Crippen LogP contribution in [0.1, 0.15) is 29.2 Å². The van der Waals surface area contributed by atoms with Gasteiger partial charge in [-0.25, -0.2) is 0 Å². The predicted molar refractivity (Wildman–Crippen MR) is 80.3 cm³/mol. The highest BCUT2D eigenvalue weighted by Gasteiger charge is 2.34. The van der Waals surface area contributed by atoms with Gasteiger partial charge in [-0.2, -0.15) is 13.2 Å². The summed E-state index contributed by atoms with van der Waals surface area (Å²) in [4.78, 5) is 0. The molecule has 0 saturated heterocycles. The summed E-state index contributed by atoms with van der Waals surface area (Å²) in [5.41, 5.74) is 1.79.